The zero-order valence-electron chi connectivity index (χ0n) is 13.4. The van der Waals surface area contributed by atoms with Gasteiger partial charge in [0, 0.05) is 18.6 Å². The number of pyridine rings is 1. The van der Waals surface area contributed by atoms with Gasteiger partial charge >= 0.3 is 5.97 Å². The maximum absolute atomic E-state index is 12.3. The second-order valence-corrected chi connectivity index (χ2v) is 6.25. The highest BCUT2D eigenvalue weighted by molar-refractivity contribution is 6.18. The van der Waals surface area contributed by atoms with E-state index in [0.29, 0.717) is 5.65 Å². The summed E-state index contributed by atoms with van der Waals surface area (Å²) in [6.07, 6.45) is 1.81. The molecule has 2 aromatic rings. The molecule has 7 heteroatoms. The van der Waals surface area contributed by atoms with Crippen LogP contribution in [-0.4, -0.2) is 37.9 Å². The van der Waals surface area contributed by atoms with Gasteiger partial charge in [0.25, 0.3) is 5.91 Å². The number of carboxylic acid groups (broad SMARTS) is 1. The number of fused-ring (bicyclic) bond motifs is 1. The van der Waals surface area contributed by atoms with E-state index in [4.69, 9.17) is 0 Å². The van der Waals surface area contributed by atoms with E-state index in [-0.39, 0.29) is 28.9 Å². The fraction of sp³-hybridized carbons (Fsp3) is 0.375. The molecule has 3 heterocycles. The number of carbonyl (C=O) groups is 2. The number of carbonyl (C=O) groups excluding carboxylic acids is 1. The molecule has 0 saturated heterocycles. The van der Waals surface area contributed by atoms with Gasteiger partial charge in [-0.1, -0.05) is 13.8 Å². The van der Waals surface area contributed by atoms with E-state index in [1.807, 2.05) is 20.9 Å². The zero-order chi connectivity index (χ0) is 16.9. The minimum atomic E-state index is -1.10. The number of aliphatic imine (C=N–C) groups is 1. The van der Waals surface area contributed by atoms with Crippen molar-refractivity contribution in [3.63, 3.8) is 0 Å². The van der Waals surface area contributed by atoms with Crippen molar-refractivity contribution >= 4 is 28.7 Å². The lowest BCUT2D eigenvalue weighted by Crippen LogP contribution is -2.41. The summed E-state index contributed by atoms with van der Waals surface area (Å²) in [5.74, 6) is -1.15. The van der Waals surface area contributed by atoms with Crippen LogP contribution in [0.2, 0.25) is 0 Å². The number of hydrogen-bond donors (Lipinski definition) is 2. The van der Waals surface area contributed by atoms with Crippen LogP contribution in [0, 0.1) is 5.92 Å². The zero-order valence-corrected chi connectivity index (χ0v) is 13.4. The lowest BCUT2D eigenvalue weighted by molar-refractivity contribution is -0.124. The van der Waals surface area contributed by atoms with Gasteiger partial charge in [0.15, 0.2) is 5.84 Å². The summed E-state index contributed by atoms with van der Waals surface area (Å²) in [6.45, 7) is 5.54. The smallest absolute Gasteiger partial charge is 0.338 e. The van der Waals surface area contributed by atoms with E-state index in [2.05, 4.69) is 15.3 Å². The van der Waals surface area contributed by atoms with Crippen LogP contribution in [-0.2, 0) is 11.8 Å². The molecular weight excluding hydrogens is 296 g/mol. The van der Waals surface area contributed by atoms with Gasteiger partial charge in [-0.2, -0.15) is 0 Å². The second kappa shape index (κ2) is 4.91. The number of nitrogens with one attached hydrogen (secondary N) is 1. The minimum absolute atomic E-state index is 0.0213. The van der Waals surface area contributed by atoms with E-state index >= 15 is 0 Å². The predicted molar refractivity (Wildman–Crippen MR) is 85.6 cm³/mol. The van der Waals surface area contributed by atoms with Gasteiger partial charge in [0.2, 0.25) is 0 Å². The molecule has 0 spiro atoms. The molecule has 0 aliphatic carbocycles. The summed E-state index contributed by atoms with van der Waals surface area (Å²) >= 11 is 0. The number of amidine groups is 1. The Morgan fingerprint density at radius 2 is 2.13 bits per heavy atom. The van der Waals surface area contributed by atoms with Crippen LogP contribution in [0.5, 0.6) is 0 Å². The Morgan fingerprint density at radius 3 is 2.70 bits per heavy atom. The molecule has 0 fully saturated rings. The minimum Gasteiger partial charge on any atom is -0.478 e. The average Bonchev–Trinajstić information content (AvgIpc) is 3.00. The first-order chi connectivity index (χ1) is 10.7. The lowest BCUT2D eigenvalue weighted by Gasteiger charge is -2.21. The maximum Gasteiger partial charge on any atom is 0.338 e. The molecule has 0 radical (unpaired) electrons. The molecule has 1 aliphatic heterocycles. The van der Waals surface area contributed by atoms with Crippen LogP contribution >= 0.6 is 0 Å². The Labute approximate surface area is 133 Å². The SMILES string of the molecule is CC(C)C1(C)N=C(c2nc3c(ccn3C)cc2C(=O)O)NC1=O. The van der Waals surface area contributed by atoms with Gasteiger partial charge in [-0.15, -0.1) is 0 Å². The summed E-state index contributed by atoms with van der Waals surface area (Å²) in [5, 5.41) is 12.9. The second-order valence-electron chi connectivity index (χ2n) is 6.25. The molecule has 0 aromatic carbocycles. The first-order valence-electron chi connectivity index (χ1n) is 7.35. The van der Waals surface area contributed by atoms with Crippen molar-refractivity contribution in [2.24, 2.45) is 18.0 Å². The monoisotopic (exact) mass is 314 g/mol. The van der Waals surface area contributed by atoms with Crippen molar-refractivity contribution in [1.82, 2.24) is 14.9 Å². The lowest BCUT2D eigenvalue weighted by atomic mass is 9.89. The molecule has 2 aromatic heterocycles. The summed E-state index contributed by atoms with van der Waals surface area (Å²) in [7, 11) is 1.83. The fourth-order valence-electron chi connectivity index (χ4n) is 2.58. The standard InChI is InChI=1S/C16H18N4O3/c1-8(2)16(3)15(23)18-12(19-16)11-10(14(21)22)7-9-5-6-20(4)13(9)17-11/h5-8H,1-4H3,(H,21,22)(H,18,19,23). The number of nitrogens with zero attached hydrogens (tertiary/aromatic N) is 3. The molecule has 120 valence electrons. The molecule has 7 nitrogen and oxygen atoms in total. The van der Waals surface area contributed by atoms with E-state index in [9.17, 15) is 14.7 Å². The molecule has 2 N–H and O–H groups in total. The van der Waals surface area contributed by atoms with Gasteiger partial charge in [-0.3, -0.25) is 4.79 Å². The van der Waals surface area contributed by atoms with Crippen molar-refractivity contribution in [3.05, 3.63) is 29.6 Å². The number of hydrogen-bond acceptors (Lipinski definition) is 4. The molecule has 0 saturated carbocycles. The molecule has 1 aliphatic rings. The summed E-state index contributed by atoms with van der Waals surface area (Å²) < 4.78 is 1.80. The van der Waals surface area contributed by atoms with Crippen LogP contribution in [0.15, 0.2) is 23.3 Å². The first-order valence-corrected chi connectivity index (χ1v) is 7.35. The highest BCUT2D eigenvalue weighted by Crippen LogP contribution is 2.28. The van der Waals surface area contributed by atoms with Crippen molar-refractivity contribution in [2.45, 2.75) is 26.3 Å². The number of aryl methyl sites for hydroxylation is 1. The molecule has 3 rings (SSSR count). The van der Waals surface area contributed by atoms with Gasteiger partial charge < -0.3 is 15.0 Å². The van der Waals surface area contributed by atoms with Crippen molar-refractivity contribution in [1.29, 1.82) is 0 Å². The van der Waals surface area contributed by atoms with Crippen molar-refractivity contribution < 1.29 is 14.7 Å². The Morgan fingerprint density at radius 1 is 1.43 bits per heavy atom. The average molecular weight is 314 g/mol. The highest BCUT2D eigenvalue weighted by Gasteiger charge is 2.43. The molecule has 1 atom stereocenters. The van der Waals surface area contributed by atoms with Crippen molar-refractivity contribution in [2.75, 3.05) is 0 Å². The Balaban J connectivity index is 2.23. The van der Waals surface area contributed by atoms with E-state index in [1.165, 1.54) is 0 Å². The third-order valence-electron chi connectivity index (χ3n) is 4.46. The quantitative estimate of drug-likeness (QED) is 0.898. The van der Waals surface area contributed by atoms with Crippen LogP contribution in [0.4, 0.5) is 0 Å². The number of rotatable bonds is 3. The van der Waals surface area contributed by atoms with Crippen LogP contribution in [0.25, 0.3) is 11.0 Å². The predicted octanol–water partition coefficient (Wildman–Crippen LogP) is 1.56. The molecule has 1 amide bonds. The van der Waals surface area contributed by atoms with Crippen molar-refractivity contribution in [3.8, 4) is 0 Å². The largest absolute Gasteiger partial charge is 0.478 e. The normalized spacial score (nSPS) is 20.9. The summed E-state index contributed by atoms with van der Waals surface area (Å²) in [6, 6.07) is 3.35. The third kappa shape index (κ3) is 2.19. The van der Waals surface area contributed by atoms with Gasteiger partial charge in [-0.25, -0.2) is 14.8 Å². The number of carboxylic acids is 1. The number of aromatic nitrogens is 2. The molecule has 1 unspecified atom stereocenters. The fourth-order valence-corrected chi connectivity index (χ4v) is 2.58. The summed E-state index contributed by atoms with van der Waals surface area (Å²) in [5.41, 5.74) is -0.0731. The Kier molecular flexibility index (Phi) is 3.24. The third-order valence-corrected chi connectivity index (χ3v) is 4.46. The first kappa shape index (κ1) is 15.2. The topological polar surface area (TPSA) is 96.6 Å². The summed E-state index contributed by atoms with van der Waals surface area (Å²) in [4.78, 5) is 32.8. The van der Waals surface area contributed by atoms with E-state index in [1.54, 1.807) is 29.8 Å². The Hall–Kier alpha value is -2.70. The van der Waals surface area contributed by atoms with E-state index in [0.717, 1.165) is 5.39 Å². The number of aromatic carboxylic acids is 1. The molecular formula is C16H18N4O3. The van der Waals surface area contributed by atoms with Crippen LogP contribution < -0.4 is 5.32 Å². The highest BCUT2D eigenvalue weighted by atomic mass is 16.4. The molecule has 23 heavy (non-hydrogen) atoms. The van der Waals surface area contributed by atoms with Gasteiger partial charge in [-0.05, 0) is 25.0 Å². The molecule has 0 bridgehead atoms. The van der Waals surface area contributed by atoms with Crippen LogP contribution in [0.1, 0.15) is 36.8 Å². The van der Waals surface area contributed by atoms with Gasteiger partial charge in [0.05, 0.1) is 5.56 Å². The number of amides is 1. The van der Waals surface area contributed by atoms with Crippen LogP contribution in [0.3, 0.4) is 0 Å². The maximum atomic E-state index is 12.3. The Bertz CT molecular complexity index is 866. The van der Waals surface area contributed by atoms with E-state index < -0.39 is 11.5 Å². The van der Waals surface area contributed by atoms with Gasteiger partial charge in [0.1, 0.15) is 16.9 Å².